The van der Waals surface area contributed by atoms with Crippen LogP contribution in [-0.4, -0.2) is 38.9 Å². The summed E-state index contributed by atoms with van der Waals surface area (Å²) in [5.74, 6) is 1.28. The molecule has 0 atom stereocenters. The molecule has 26 heavy (non-hydrogen) atoms. The van der Waals surface area contributed by atoms with Gasteiger partial charge in [0, 0.05) is 18.1 Å². The highest BCUT2D eigenvalue weighted by Crippen LogP contribution is 2.29. The Morgan fingerprint density at radius 2 is 1.92 bits per heavy atom. The minimum absolute atomic E-state index is 0.0846. The number of rotatable bonds is 6. The number of hydrogen-bond acceptors (Lipinski definition) is 5. The van der Waals surface area contributed by atoms with E-state index in [1.807, 2.05) is 49.3 Å². The third-order valence-corrected chi connectivity index (χ3v) is 4.90. The van der Waals surface area contributed by atoms with Crippen molar-refractivity contribution in [3.05, 3.63) is 60.3 Å². The Bertz CT molecular complexity index is 1030. The van der Waals surface area contributed by atoms with Gasteiger partial charge in [0.2, 0.25) is 10.0 Å². The lowest BCUT2D eigenvalue weighted by Gasteiger charge is -2.15. The van der Waals surface area contributed by atoms with Crippen molar-refractivity contribution >= 4 is 20.9 Å². The van der Waals surface area contributed by atoms with E-state index in [9.17, 15) is 8.42 Å². The van der Waals surface area contributed by atoms with Gasteiger partial charge in [-0.15, -0.1) is 0 Å². The second-order valence-corrected chi connectivity index (χ2v) is 7.89. The van der Waals surface area contributed by atoms with E-state index in [-0.39, 0.29) is 4.90 Å². The van der Waals surface area contributed by atoms with E-state index in [4.69, 9.17) is 9.88 Å². The van der Waals surface area contributed by atoms with Gasteiger partial charge < -0.3 is 9.64 Å². The number of nitrogens with two attached hydrogens (primary N) is 1. The van der Waals surface area contributed by atoms with Gasteiger partial charge >= 0.3 is 0 Å². The fourth-order valence-corrected chi connectivity index (χ4v) is 3.18. The Labute approximate surface area is 153 Å². The van der Waals surface area contributed by atoms with Gasteiger partial charge in [-0.3, -0.25) is 4.98 Å². The van der Waals surface area contributed by atoms with Gasteiger partial charge in [0.05, 0.1) is 10.4 Å². The van der Waals surface area contributed by atoms with E-state index in [1.54, 1.807) is 18.3 Å². The van der Waals surface area contributed by atoms with E-state index in [2.05, 4.69) is 4.98 Å². The summed E-state index contributed by atoms with van der Waals surface area (Å²) < 4.78 is 29.4. The second-order valence-electron chi connectivity index (χ2n) is 6.33. The van der Waals surface area contributed by atoms with Gasteiger partial charge in [-0.1, -0.05) is 6.07 Å². The Morgan fingerprint density at radius 3 is 2.65 bits per heavy atom. The first kappa shape index (κ1) is 18.3. The maximum Gasteiger partial charge on any atom is 0.238 e. The minimum Gasteiger partial charge on any atom is -0.457 e. The lowest BCUT2D eigenvalue weighted by molar-refractivity contribution is 0.407. The monoisotopic (exact) mass is 371 g/mol. The summed E-state index contributed by atoms with van der Waals surface area (Å²) in [6.45, 7) is 0.756. The molecule has 0 unspecified atom stereocenters. The van der Waals surface area contributed by atoms with Crippen LogP contribution in [0.2, 0.25) is 0 Å². The lowest BCUT2D eigenvalue weighted by atomic mass is 10.1. The molecule has 136 valence electrons. The number of ether oxygens (including phenoxy) is 1. The van der Waals surface area contributed by atoms with Crippen molar-refractivity contribution in [3.63, 3.8) is 0 Å². The fraction of sp³-hybridized carbons (Fsp3) is 0.211. The van der Waals surface area contributed by atoms with Crippen molar-refractivity contribution in [2.45, 2.75) is 11.3 Å². The first-order valence-corrected chi connectivity index (χ1v) is 9.71. The van der Waals surface area contributed by atoms with Crippen molar-refractivity contribution in [3.8, 4) is 11.5 Å². The first-order chi connectivity index (χ1) is 12.3. The van der Waals surface area contributed by atoms with Gasteiger partial charge in [-0.25, -0.2) is 13.6 Å². The normalized spacial score (nSPS) is 11.8. The summed E-state index contributed by atoms with van der Waals surface area (Å²) in [5.41, 5.74) is 1.67. The Kier molecular flexibility index (Phi) is 5.22. The van der Waals surface area contributed by atoms with Crippen LogP contribution < -0.4 is 9.88 Å². The molecule has 1 aromatic heterocycles. The largest absolute Gasteiger partial charge is 0.457 e. The number of hydrogen-bond donors (Lipinski definition) is 1. The molecule has 0 amide bonds. The molecule has 1 heterocycles. The second kappa shape index (κ2) is 7.41. The molecule has 0 saturated carbocycles. The number of nitrogens with zero attached hydrogens (tertiary/aromatic N) is 2. The predicted molar refractivity (Wildman–Crippen MR) is 102 cm³/mol. The zero-order chi connectivity index (χ0) is 18.7. The summed E-state index contributed by atoms with van der Waals surface area (Å²) in [6.07, 6.45) is 2.38. The van der Waals surface area contributed by atoms with Gasteiger partial charge in [-0.05, 0) is 68.5 Å². The third kappa shape index (κ3) is 4.37. The van der Waals surface area contributed by atoms with Gasteiger partial charge in [0.15, 0.2) is 0 Å². The molecule has 0 aliphatic heterocycles. The van der Waals surface area contributed by atoms with Crippen LogP contribution in [-0.2, 0) is 16.4 Å². The van der Waals surface area contributed by atoms with E-state index in [1.165, 1.54) is 6.07 Å². The molecule has 3 aromatic rings. The number of aromatic nitrogens is 1. The number of primary sulfonamides is 1. The van der Waals surface area contributed by atoms with E-state index < -0.39 is 10.0 Å². The number of fused-ring (bicyclic) bond motifs is 1. The molecule has 2 N–H and O–H groups in total. The SMILES string of the molecule is CN(C)CCc1cc(S(N)(=O)=O)ccc1Oc1ccc2ncccc2c1. The van der Waals surface area contributed by atoms with E-state index >= 15 is 0 Å². The summed E-state index contributed by atoms with van der Waals surface area (Å²) in [7, 11) is 0.158. The van der Waals surface area contributed by atoms with Gasteiger partial charge in [-0.2, -0.15) is 0 Å². The maximum atomic E-state index is 11.7. The molecule has 3 rings (SSSR count). The topological polar surface area (TPSA) is 85.5 Å². The molecule has 0 spiro atoms. The smallest absolute Gasteiger partial charge is 0.238 e. The number of benzene rings is 2. The van der Waals surface area contributed by atoms with Crippen molar-refractivity contribution in [2.24, 2.45) is 5.14 Å². The summed E-state index contributed by atoms with van der Waals surface area (Å²) in [4.78, 5) is 6.40. The van der Waals surface area contributed by atoms with Gasteiger partial charge in [0.1, 0.15) is 11.5 Å². The van der Waals surface area contributed by atoms with E-state index in [0.717, 1.165) is 23.0 Å². The summed E-state index contributed by atoms with van der Waals surface area (Å²) in [6, 6.07) is 14.2. The number of likely N-dealkylation sites (N-methyl/N-ethyl adjacent to an activating group) is 1. The van der Waals surface area contributed by atoms with Crippen molar-refractivity contribution in [2.75, 3.05) is 20.6 Å². The molecule has 6 nitrogen and oxygen atoms in total. The Hall–Kier alpha value is -2.48. The minimum atomic E-state index is -3.76. The average Bonchev–Trinajstić information content (AvgIpc) is 2.59. The van der Waals surface area contributed by atoms with Crippen LogP contribution in [0.4, 0.5) is 0 Å². The fourth-order valence-electron chi connectivity index (χ4n) is 2.62. The third-order valence-electron chi connectivity index (χ3n) is 3.99. The molecule has 0 aliphatic rings. The van der Waals surface area contributed by atoms with Crippen LogP contribution in [0.5, 0.6) is 11.5 Å². The van der Waals surface area contributed by atoms with Gasteiger partial charge in [0.25, 0.3) is 0 Å². The molecule has 0 aliphatic carbocycles. The van der Waals surface area contributed by atoms with Crippen molar-refractivity contribution in [1.29, 1.82) is 0 Å². The highest BCUT2D eigenvalue weighted by Gasteiger charge is 2.13. The number of sulfonamides is 1. The summed E-state index contributed by atoms with van der Waals surface area (Å²) in [5, 5.41) is 6.23. The van der Waals surface area contributed by atoms with Crippen LogP contribution in [0.3, 0.4) is 0 Å². The molecule has 0 bridgehead atoms. The Morgan fingerprint density at radius 1 is 1.12 bits per heavy atom. The van der Waals surface area contributed by atoms with Crippen molar-refractivity contribution in [1.82, 2.24) is 9.88 Å². The van der Waals surface area contributed by atoms with Crippen molar-refractivity contribution < 1.29 is 13.2 Å². The molecule has 0 fully saturated rings. The molecular weight excluding hydrogens is 350 g/mol. The average molecular weight is 371 g/mol. The maximum absolute atomic E-state index is 11.7. The first-order valence-electron chi connectivity index (χ1n) is 8.16. The standard InChI is InChI=1S/C19H21N3O3S/c1-22(2)11-9-15-13-17(26(20,23)24)6-8-19(15)25-16-5-7-18-14(12-16)4-3-10-21-18/h3-8,10,12-13H,9,11H2,1-2H3,(H2,20,23,24). The molecule has 7 heteroatoms. The number of pyridine rings is 1. The van der Waals surface area contributed by atoms with Crippen LogP contribution >= 0.6 is 0 Å². The molecule has 0 radical (unpaired) electrons. The quantitative estimate of drug-likeness (QED) is 0.720. The van der Waals surface area contributed by atoms with Crippen LogP contribution in [0.1, 0.15) is 5.56 Å². The Balaban J connectivity index is 1.96. The molecule has 2 aromatic carbocycles. The molecule has 0 saturated heterocycles. The molecular formula is C19H21N3O3S. The van der Waals surface area contributed by atoms with E-state index in [0.29, 0.717) is 17.9 Å². The summed E-state index contributed by atoms with van der Waals surface area (Å²) >= 11 is 0. The zero-order valence-electron chi connectivity index (χ0n) is 14.7. The lowest BCUT2D eigenvalue weighted by Crippen LogP contribution is -2.16. The van der Waals surface area contributed by atoms with Crippen LogP contribution in [0.15, 0.2) is 59.6 Å². The zero-order valence-corrected chi connectivity index (χ0v) is 15.5. The highest BCUT2D eigenvalue weighted by molar-refractivity contribution is 7.89. The highest BCUT2D eigenvalue weighted by atomic mass is 32.2. The van der Waals surface area contributed by atoms with Crippen LogP contribution in [0.25, 0.3) is 10.9 Å². The predicted octanol–water partition coefficient (Wildman–Crippen LogP) is 2.78. The van der Waals surface area contributed by atoms with Crippen LogP contribution in [0, 0.1) is 0 Å².